The van der Waals surface area contributed by atoms with Crippen LogP contribution in [0.4, 0.5) is 5.69 Å². The molecule has 1 atom stereocenters. The third-order valence-electron chi connectivity index (χ3n) is 7.07. The monoisotopic (exact) mass is 644 g/mol. The first-order chi connectivity index (χ1) is 21.1. The van der Waals surface area contributed by atoms with Crippen molar-refractivity contribution in [3.8, 4) is 17.2 Å². The number of anilines is 1. The van der Waals surface area contributed by atoms with Crippen LogP contribution in [0.3, 0.4) is 0 Å². The van der Waals surface area contributed by atoms with Gasteiger partial charge in [-0.15, -0.1) is 0 Å². The number of likely N-dealkylation sites (N-methyl/N-ethyl adjacent to an activating group) is 1. The molecule has 0 spiro atoms. The van der Waals surface area contributed by atoms with Gasteiger partial charge in [-0.05, 0) is 45.1 Å². The fourth-order valence-corrected chi connectivity index (χ4v) is 5.75. The van der Waals surface area contributed by atoms with Crippen molar-refractivity contribution >= 4 is 45.0 Å². The summed E-state index contributed by atoms with van der Waals surface area (Å²) in [5.74, 6) is 2.00. The summed E-state index contributed by atoms with van der Waals surface area (Å²) in [6, 6.07) is 8.59. The van der Waals surface area contributed by atoms with Crippen molar-refractivity contribution in [2.24, 2.45) is 0 Å². The number of methoxy groups -OCH3 is 3. The molecule has 0 fully saturated rings. The first kappa shape index (κ1) is 34.6. The maximum Gasteiger partial charge on any atom is 0.255 e. The number of benzene rings is 2. The zero-order valence-corrected chi connectivity index (χ0v) is 27.8. The van der Waals surface area contributed by atoms with E-state index in [1.165, 1.54) is 13.2 Å². The van der Waals surface area contributed by atoms with E-state index >= 15 is 0 Å². The van der Waals surface area contributed by atoms with Crippen molar-refractivity contribution in [2.45, 2.75) is 38.6 Å². The first-order valence-corrected chi connectivity index (χ1v) is 15.8. The number of rotatable bonds is 12. The fraction of sp³-hybridized carbons (Fsp3) is 0.387. The van der Waals surface area contributed by atoms with E-state index in [1.54, 1.807) is 26.5 Å². The highest BCUT2D eigenvalue weighted by atomic mass is 35.5. The Morgan fingerprint density at radius 3 is 2.45 bits per heavy atom. The standard InChI is InChI=1S/C17H19N3O3S.C14H22ClN3O2/c1-10-8-18-15(11(2)16(10)23-4)9-24(21)17-19-13-6-5-12(22-3)7-14(13)20-17;1-4-18(5-2)7-6-17-14(19)10-8-11(15)12(16)9-13(10)20-3/h5-8H,9H2,1-4H3,(H,19,20);8-9H,4-7,16H2,1-3H3,(H,17,19). The van der Waals surface area contributed by atoms with Gasteiger partial charge in [0.2, 0.25) is 0 Å². The van der Waals surface area contributed by atoms with Gasteiger partial charge < -0.3 is 35.1 Å². The first-order valence-electron chi connectivity index (χ1n) is 14.1. The number of fused-ring (bicyclic) bond motifs is 1. The number of imidazole rings is 1. The number of aromatic amines is 1. The minimum atomic E-state index is -1.33. The second kappa shape index (κ2) is 16.3. The normalized spacial score (nSPS) is 11.6. The lowest BCUT2D eigenvalue weighted by atomic mass is 10.1. The number of hydrogen-bond acceptors (Lipinski definition) is 9. The summed E-state index contributed by atoms with van der Waals surface area (Å²) in [6.45, 7) is 11.4. The molecule has 2 aromatic heterocycles. The van der Waals surface area contributed by atoms with Crippen molar-refractivity contribution < 1.29 is 23.2 Å². The van der Waals surface area contributed by atoms with Crippen LogP contribution in [0.25, 0.3) is 11.0 Å². The number of amides is 1. The Kier molecular flexibility index (Phi) is 12.8. The van der Waals surface area contributed by atoms with E-state index in [4.69, 9.17) is 31.5 Å². The molecule has 4 N–H and O–H groups in total. The van der Waals surface area contributed by atoms with Gasteiger partial charge in [-0.3, -0.25) is 14.0 Å². The zero-order chi connectivity index (χ0) is 32.4. The lowest BCUT2D eigenvalue weighted by Gasteiger charge is -2.18. The van der Waals surface area contributed by atoms with Crippen molar-refractivity contribution in [2.75, 3.05) is 53.2 Å². The predicted octanol–water partition coefficient (Wildman–Crippen LogP) is 4.90. The molecular formula is C31H41ClN6O5S. The predicted molar refractivity (Wildman–Crippen MR) is 176 cm³/mol. The van der Waals surface area contributed by atoms with E-state index in [0.717, 1.165) is 59.0 Å². The van der Waals surface area contributed by atoms with Gasteiger partial charge in [0.1, 0.15) is 17.2 Å². The fourth-order valence-electron chi connectivity index (χ4n) is 4.49. The molecule has 0 aliphatic carbocycles. The number of nitrogens with zero attached hydrogens (tertiary/aromatic N) is 3. The molecule has 238 valence electrons. The van der Waals surface area contributed by atoms with Gasteiger partial charge in [0.25, 0.3) is 5.91 Å². The van der Waals surface area contributed by atoms with E-state index in [0.29, 0.717) is 33.7 Å². The summed E-state index contributed by atoms with van der Waals surface area (Å²) in [7, 11) is 3.40. The van der Waals surface area contributed by atoms with Crippen LogP contribution in [0.15, 0.2) is 41.7 Å². The van der Waals surface area contributed by atoms with Gasteiger partial charge in [0.15, 0.2) is 5.16 Å². The Morgan fingerprint density at radius 1 is 1.09 bits per heavy atom. The number of pyridine rings is 1. The van der Waals surface area contributed by atoms with Crippen LogP contribution in [-0.4, -0.2) is 77.5 Å². The van der Waals surface area contributed by atoms with Crippen molar-refractivity contribution in [1.82, 2.24) is 25.2 Å². The van der Waals surface area contributed by atoms with Gasteiger partial charge in [-0.2, -0.15) is 0 Å². The molecule has 0 radical (unpaired) electrons. The molecule has 2 aromatic carbocycles. The van der Waals surface area contributed by atoms with E-state index in [1.807, 2.05) is 32.0 Å². The average Bonchev–Trinajstić information content (AvgIpc) is 3.46. The maximum absolute atomic E-state index is 12.7. The number of H-pyrrole nitrogens is 1. The van der Waals surface area contributed by atoms with Crippen LogP contribution in [-0.2, 0) is 16.6 Å². The number of nitrogens with two attached hydrogens (primary N) is 1. The Balaban J connectivity index is 0.000000245. The molecule has 0 saturated carbocycles. The molecule has 13 heteroatoms. The lowest BCUT2D eigenvalue weighted by Crippen LogP contribution is -2.34. The number of carbonyl (C=O) groups excluding carboxylic acids is 1. The van der Waals surface area contributed by atoms with E-state index in [9.17, 15) is 9.00 Å². The Morgan fingerprint density at radius 2 is 1.82 bits per heavy atom. The molecule has 0 aliphatic heterocycles. The van der Waals surface area contributed by atoms with Crippen LogP contribution in [0.5, 0.6) is 17.2 Å². The van der Waals surface area contributed by atoms with E-state index < -0.39 is 10.8 Å². The molecule has 0 aliphatic rings. The Bertz CT molecular complexity index is 1610. The number of halogens is 1. The summed E-state index contributed by atoms with van der Waals surface area (Å²) in [5, 5.41) is 3.64. The van der Waals surface area contributed by atoms with Gasteiger partial charge in [-0.1, -0.05) is 25.4 Å². The SMILES string of the molecule is CCN(CC)CCNC(=O)c1cc(Cl)c(N)cc1OC.COc1ccc2nc(S(=O)Cc3ncc(C)c(OC)c3C)[nH]c2c1. The second-order valence-corrected chi connectivity index (χ2v) is 11.6. The number of nitrogen functional groups attached to an aromatic ring is 1. The largest absolute Gasteiger partial charge is 0.497 e. The number of carbonyl (C=O) groups is 1. The molecule has 0 saturated heterocycles. The van der Waals surface area contributed by atoms with Gasteiger partial charge in [0, 0.05) is 42.5 Å². The van der Waals surface area contributed by atoms with Gasteiger partial charge in [-0.25, -0.2) is 4.98 Å². The summed E-state index contributed by atoms with van der Waals surface area (Å²) in [5.41, 5.74) is 10.6. The average molecular weight is 645 g/mol. The topological polar surface area (TPSA) is 145 Å². The van der Waals surface area contributed by atoms with Crippen LogP contribution in [0.1, 0.15) is 41.0 Å². The molecule has 1 unspecified atom stereocenters. The summed E-state index contributed by atoms with van der Waals surface area (Å²) >= 11 is 5.95. The highest BCUT2D eigenvalue weighted by molar-refractivity contribution is 7.84. The maximum atomic E-state index is 12.7. The lowest BCUT2D eigenvalue weighted by molar-refractivity contribution is 0.0946. The van der Waals surface area contributed by atoms with Crippen molar-refractivity contribution in [3.63, 3.8) is 0 Å². The molecule has 4 rings (SSSR count). The second-order valence-electron chi connectivity index (χ2n) is 9.82. The molecule has 11 nitrogen and oxygen atoms in total. The molecule has 4 aromatic rings. The molecule has 1 amide bonds. The summed E-state index contributed by atoms with van der Waals surface area (Å²) in [6.07, 6.45) is 1.74. The quantitative estimate of drug-likeness (QED) is 0.183. The van der Waals surface area contributed by atoms with Gasteiger partial charge >= 0.3 is 0 Å². The Hall–Kier alpha value is -3.87. The molecule has 44 heavy (non-hydrogen) atoms. The summed E-state index contributed by atoms with van der Waals surface area (Å²) < 4.78 is 28.4. The van der Waals surface area contributed by atoms with Crippen molar-refractivity contribution in [1.29, 1.82) is 0 Å². The smallest absolute Gasteiger partial charge is 0.255 e. The summed E-state index contributed by atoms with van der Waals surface area (Å²) in [4.78, 5) is 26.3. The number of aromatic nitrogens is 3. The molecule has 0 bridgehead atoms. The highest BCUT2D eigenvalue weighted by Gasteiger charge is 2.17. The Labute approximate surface area is 265 Å². The minimum Gasteiger partial charge on any atom is -0.497 e. The third-order valence-corrected chi connectivity index (χ3v) is 8.56. The number of nitrogens with one attached hydrogen (secondary N) is 2. The van der Waals surface area contributed by atoms with E-state index in [2.05, 4.69) is 39.0 Å². The minimum absolute atomic E-state index is 0.212. The number of hydrogen-bond donors (Lipinski definition) is 3. The molecule has 2 heterocycles. The number of ether oxygens (including phenoxy) is 3. The van der Waals surface area contributed by atoms with Crippen molar-refractivity contribution in [3.05, 3.63) is 63.9 Å². The van der Waals surface area contributed by atoms with Crippen LogP contribution >= 0.6 is 11.6 Å². The van der Waals surface area contributed by atoms with Crippen LogP contribution in [0, 0.1) is 13.8 Å². The van der Waals surface area contributed by atoms with Crippen LogP contribution < -0.4 is 25.3 Å². The van der Waals surface area contributed by atoms with E-state index in [-0.39, 0.29) is 11.7 Å². The number of aryl methyl sites for hydroxylation is 1. The molecular weight excluding hydrogens is 604 g/mol. The van der Waals surface area contributed by atoms with Gasteiger partial charge in [0.05, 0.1) is 70.9 Å². The highest BCUT2D eigenvalue weighted by Crippen LogP contribution is 2.29. The van der Waals surface area contributed by atoms with Crippen LogP contribution in [0.2, 0.25) is 5.02 Å². The third kappa shape index (κ3) is 8.61. The zero-order valence-electron chi connectivity index (χ0n) is 26.2.